The van der Waals surface area contributed by atoms with E-state index in [-0.39, 0.29) is 17.9 Å². The van der Waals surface area contributed by atoms with Gasteiger partial charge in [0.25, 0.3) is 5.91 Å². The summed E-state index contributed by atoms with van der Waals surface area (Å²) >= 11 is 0.907. The van der Waals surface area contributed by atoms with E-state index >= 15 is 0 Å². The third kappa shape index (κ3) is 6.11. The number of nitrogens with one attached hydrogen (secondary N) is 3. The first-order valence-corrected chi connectivity index (χ1v) is 17.4. The van der Waals surface area contributed by atoms with Gasteiger partial charge in [-0.15, -0.1) is 11.3 Å². The van der Waals surface area contributed by atoms with Crippen LogP contribution in [0.5, 0.6) is 0 Å². The number of aromatic nitrogens is 3. The van der Waals surface area contributed by atoms with E-state index in [9.17, 15) is 9.59 Å². The van der Waals surface area contributed by atoms with Crippen LogP contribution in [0.3, 0.4) is 0 Å². The van der Waals surface area contributed by atoms with E-state index in [1.807, 2.05) is 38.1 Å². The van der Waals surface area contributed by atoms with Crippen LogP contribution in [-0.2, 0) is 4.79 Å². The highest BCUT2D eigenvalue weighted by Gasteiger charge is 2.33. The Kier molecular flexibility index (Phi) is 8.37. The fourth-order valence-electron chi connectivity index (χ4n) is 5.23. The van der Waals surface area contributed by atoms with Crippen LogP contribution in [-0.4, -0.2) is 77.0 Å². The molecule has 1 atom stereocenters. The molecule has 12 heteroatoms. The van der Waals surface area contributed by atoms with Gasteiger partial charge in [-0.3, -0.25) is 25.2 Å². The lowest BCUT2D eigenvalue weighted by Gasteiger charge is -2.18. The minimum Gasteiger partial charge on any atom is -0.341 e. The molecule has 2 fully saturated rings. The van der Waals surface area contributed by atoms with Crippen molar-refractivity contribution >= 4 is 62.7 Å². The van der Waals surface area contributed by atoms with Crippen molar-refractivity contribution in [2.45, 2.75) is 51.1 Å². The Bertz CT molecular complexity index is 1570. The maximum absolute atomic E-state index is 12.9. The van der Waals surface area contributed by atoms with Gasteiger partial charge in [-0.25, -0.2) is 9.67 Å². The number of carbonyl (C=O) groups is 2. The van der Waals surface area contributed by atoms with Crippen LogP contribution < -0.4 is 10.6 Å². The molecular weight excluding hydrogens is 663 g/mol. The van der Waals surface area contributed by atoms with Crippen molar-refractivity contribution in [1.82, 2.24) is 24.6 Å². The molecule has 2 amide bonds. The quantitative estimate of drug-likeness (QED) is 0.207. The Balaban J connectivity index is 1.17. The molecule has 3 aliphatic rings. The first kappa shape index (κ1) is 28.9. The molecule has 0 radical (unpaired) electrons. The summed E-state index contributed by atoms with van der Waals surface area (Å²) in [4.78, 5) is 35.4. The van der Waals surface area contributed by atoms with E-state index in [2.05, 4.69) is 41.4 Å². The number of hydrogen-bond donors (Lipinski definition) is 3. The van der Waals surface area contributed by atoms with Crippen molar-refractivity contribution in [3.8, 4) is 11.3 Å². The van der Waals surface area contributed by atoms with Crippen LogP contribution in [0, 0.1) is 5.41 Å². The first-order chi connectivity index (χ1) is 20.3. The summed E-state index contributed by atoms with van der Waals surface area (Å²) in [5, 5.41) is 20.6. The zero-order valence-electron chi connectivity index (χ0n) is 23.9. The smallest absolute Gasteiger partial charge is 0.257 e. The summed E-state index contributed by atoms with van der Waals surface area (Å²) in [6.45, 7) is 6.24. The molecule has 2 aliphatic heterocycles. The van der Waals surface area contributed by atoms with Crippen LogP contribution in [0.15, 0.2) is 42.6 Å². The number of halogens is 1. The van der Waals surface area contributed by atoms with Gasteiger partial charge in [0.1, 0.15) is 15.2 Å². The van der Waals surface area contributed by atoms with Gasteiger partial charge in [0.2, 0.25) is 5.91 Å². The highest BCUT2D eigenvalue weighted by molar-refractivity contribution is 14.2. The van der Waals surface area contributed by atoms with Crippen LogP contribution in [0.1, 0.15) is 65.9 Å². The fraction of sp³-hybridized carbons (Fsp3) is 0.400. The average molecular weight is 699 g/mol. The average Bonchev–Trinajstić information content (AvgIpc) is 3.35. The first-order valence-electron chi connectivity index (χ1n) is 14.2. The molecule has 0 bridgehead atoms. The fourth-order valence-corrected chi connectivity index (χ4v) is 7.62. The predicted octanol–water partition coefficient (Wildman–Crippen LogP) is 5.29. The van der Waals surface area contributed by atoms with E-state index in [1.54, 1.807) is 18.2 Å². The number of rotatable bonds is 9. The van der Waals surface area contributed by atoms with E-state index < -0.39 is 20.7 Å². The van der Waals surface area contributed by atoms with Gasteiger partial charge in [0.05, 0.1) is 11.6 Å². The molecule has 0 spiro atoms. The second-order valence-corrected chi connectivity index (χ2v) is 14.6. The maximum atomic E-state index is 12.9. The van der Waals surface area contributed by atoms with Crippen LogP contribution in [0.4, 0.5) is 10.9 Å². The van der Waals surface area contributed by atoms with Gasteiger partial charge in [0, 0.05) is 58.1 Å². The van der Waals surface area contributed by atoms with Crippen LogP contribution >= 0.6 is 32.1 Å². The maximum Gasteiger partial charge on any atom is 0.257 e. The largest absolute Gasteiger partial charge is 0.341 e. The summed E-state index contributed by atoms with van der Waals surface area (Å²) in [6.07, 6.45) is 8.77. The van der Waals surface area contributed by atoms with Crippen molar-refractivity contribution in [3.63, 3.8) is 0 Å². The lowest BCUT2D eigenvalue weighted by atomic mass is 10.1. The van der Waals surface area contributed by atoms with Crippen molar-refractivity contribution in [1.29, 1.82) is 5.41 Å². The molecule has 1 aromatic carbocycles. The predicted molar refractivity (Wildman–Crippen MR) is 177 cm³/mol. The summed E-state index contributed by atoms with van der Waals surface area (Å²) < 4.78 is 4.55. The number of likely N-dealkylation sites (N-methyl/N-ethyl adjacent to an activating group) is 1. The Morgan fingerprint density at radius 2 is 2.05 bits per heavy atom. The highest BCUT2D eigenvalue weighted by atomic mass is 127. The molecule has 0 unspecified atom stereocenters. The molecule has 42 heavy (non-hydrogen) atoms. The molecule has 3 aromatic rings. The number of fused-ring (bicyclic) bond motifs is 1. The van der Waals surface area contributed by atoms with Crippen molar-refractivity contribution in [2.75, 3.05) is 37.3 Å². The number of nitrogens with zero attached hydrogens (tertiary/aromatic N) is 5. The van der Waals surface area contributed by atoms with Gasteiger partial charge in [-0.2, -0.15) is 5.10 Å². The molecular formula is C30H35IN8O2S. The van der Waals surface area contributed by atoms with Crippen molar-refractivity contribution < 1.29 is 9.59 Å². The molecule has 220 valence electrons. The number of thiazole rings is 1. The van der Waals surface area contributed by atoms with Crippen molar-refractivity contribution in [2.24, 2.45) is 0 Å². The molecule has 2 aromatic heterocycles. The van der Waals surface area contributed by atoms with E-state index in [1.165, 1.54) is 24.2 Å². The highest BCUT2D eigenvalue weighted by Crippen LogP contribution is 2.38. The topological polar surface area (TPSA) is 119 Å². The molecule has 3 N–H and O–H groups in total. The summed E-state index contributed by atoms with van der Waals surface area (Å²) in [7, 11) is 2.10. The number of likely N-dealkylation sites (tertiary alicyclic amines) is 1. The summed E-state index contributed by atoms with van der Waals surface area (Å²) in [6, 6.07) is 8.04. The van der Waals surface area contributed by atoms with Crippen LogP contribution in [0.25, 0.3) is 11.3 Å². The minimum atomic E-state index is -0.581. The van der Waals surface area contributed by atoms with Gasteiger partial charge in [0.15, 0.2) is 5.13 Å². The third-order valence-electron chi connectivity index (χ3n) is 7.86. The molecule has 1 saturated heterocycles. The second-order valence-electron chi connectivity index (χ2n) is 11.2. The number of carbonyl (C=O) groups excluding carboxylic acids is 2. The standard InChI is InChI=1S/C30H35IN8O2S/c1-18(2)23-15-33-30(42-23)35-29(41)20-8-6-19(7-9-20)26-25-27(32)31-17-34-28(25)39(36-26)22-12-14-38(16-22)24(40)5-4-13-37(3)21-10-11-21/h4-9,15,17-18,21-22,32,34H,10-14,16H2,1-3H3,(H,33,35,41)/b5-4+,32-27?/t22-/m1/s1. The number of benzene rings is 1. The van der Waals surface area contributed by atoms with E-state index in [0.717, 1.165) is 40.5 Å². The molecule has 1 saturated carbocycles. The normalized spacial score (nSPS) is 18.5. The SMILES string of the molecule is CC(C)c1cnc(NC(=O)c2ccc(-c3nn([C@@H]4CCN(C(=O)/C=C/CN(C)C5CC5)C4)c4c3C(=N)I=CN4)cc2)s1. The molecule has 1 aliphatic carbocycles. The Labute approximate surface area is 259 Å². The Morgan fingerprint density at radius 3 is 2.76 bits per heavy atom. The van der Waals surface area contributed by atoms with Crippen molar-refractivity contribution in [3.05, 3.63) is 58.6 Å². The second kappa shape index (κ2) is 12.2. The molecule has 4 heterocycles. The Morgan fingerprint density at radius 1 is 1.26 bits per heavy atom. The third-order valence-corrected chi connectivity index (χ3v) is 10.9. The number of anilines is 2. The summed E-state index contributed by atoms with van der Waals surface area (Å²) in [5.41, 5.74) is 2.93. The van der Waals surface area contributed by atoms with Gasteiger partial charge >= 0.3 is 0 Å². The molecule has 6 rings (SSSR count). The van der Waals surface area contributed by atoms with E-state index in [0.29, 0.717) is 39.5 Å². The van der Waals surface area contributed by atoms with E-state index in [4.69, 9.17) is 10.5 Å². The summed E-state index contributed by atoms with van der Waals surface area (Å²) in [5.74, 6) is 0.999. The minimum absolute atomic E-state index is 0.0167. The van der Waals surface area contributed by atoms with Gasteiger partial charge < -0.3 is 10.2 Å². The Hall–Kier alpha value is -3.23. The van der Waals surface area contributed by atoms with Gasteiger partial charge in [-0.1, -0.05) is 32.1 Å². The lowest BCUT2D eigenvalue weighted by Crippen LogP contribution is -2.28. The monoisotopic (exact) mass is 698 g/mol. The zero-order chi connectivity index (χ0) is 29.4. The zero-order valence-corrected chi connectivity index (χ0v) is 26.9. The van der Waals surface area contributed by atoms with Gasteiger partial charge in [-0.05, 0) is 65.1 Å². The number of amides is 2. The number of hydrogen-bond acceptors (Lipinski definition) is 8. The lowest BCUT2D eigenvalue weighted by molar-refractivity contribution is -0.125. The molecule has 10 nitrogen and oxygen atoms in total. The van der Waals surface area contributed by atoms with Crippen LogP contribution in [0.2, 0.25) is 0 Å².